The molecular weight excluding hydrogens is 317 g/mol. The van der Waals surface area contributed by atoms with E-state index in [0.29, 0.717) is 12.1 Å². The maximum Gasteiger partial charge on any atom is 0.417 e. The zero-order valence-corrected chi connectivity index (χ0v) is 12.7. The molecule has 0 aliphatic rings. The monoisotopic (exact) mass is 334 g/mol. The first-order chi connectivity index (χ1) is 10.6. The number of phenols is 1. The Morgan fingerprint density at radius 1 is 1.30 bits per heavy atom. The molecule has 0 fully saturated rings. The number of urea groups is 1. The number of phenolic OH excluding ortho intramolecular Hbond substituents is 1. The van der Waals surface area contributed by atoms with Crippen molar-refractivity contribution in [2.24, 2.45) is 5.92 Å². The molecule has 0 spiro atoms. The molecule has 0 aromatic heterocycles. The average Bonchev–Trinajstić information content (AvgIpc) is 2.43. The highest BCUT2D eigenvalue weighted by Crippen LogP contribution is 2.38. The van der Waals surface area contributed by atoms with Crippen molar-refractivity contribution < 1.29 is 32.6 Å². The van der Waals surface area contributed by atoms with Crippen molar-refractivity contribution in [1.29, 1.82) is 0 Å². The predicted molar refractivity (Wildman–Crippen MR) is 75.4 cm³/mol. The Morgan fingerprint density at radius 3 is 2.39 bits per heavy atom. The van der Waals surface area contributed by atoms with E-state index < -0.39 is 40.7 Å². The van der Waals surface area contributed by atoms with Crippen LogP contribution in [0.15, 0.2) is 12.1 Å². The summed E-state index contributed by atoms with van der Waals surface area (Å²) < 4.78 is 43.7. The number of benzene rings is 1. The number of hydrogen-bond acceptors (Lipinski definition) is 4. The van der Waals surface area contributed by atoms with Gasteiger partial charge in [-0.15, -0.1) is 0 Å². The Morgan fingerprint density at radius 2 is 1.91 bits per heavy atom. The fourth-order valence-corrected chi connectivity index (χ4v) is 1.67. The van der Waals surface area contributed by atoms with Crippen LogP contribution in [0.2, 0.25) is 0 Å². The number of alkyl halides is 3. The molecule has 3 N–H and O–H groups in total. The van der Waals surface area contributed by atoms with Crippen LogP contribution in [0, 0.1) is 5.92 Å². The number of amides is 3. The fraction of sp³-hybridized carbons (Fsp3) is 0.429. The van der Waals surface area contributed by atoms with Gasteiger partial charge in [-0.05, 0) is 18.1 Å². The molecule has 0 bridgehead atoms. The summed E-state index contributed by atoms with van der Waals surface area (Å²) in [7, 11) is 1.08. The summed E-state index contributed by atoms with van der Waals surface area (Å²) in [4.78, 5) is 23.4. The van der Waals surface area contributed by atoms with Crippen molar-refractivity contribution in [3.63, 3.8) is 0 Å². The molecule has 3 amide bonds. The molecule has 128 valence electrons. The first-order valence-electron chi connectivity index (χ1n) is 6.63. The Kier molecular flexibility index (Phi) is 5.83. The zero-order valence-electron chi connectivity index (χ0n) is 12.7. The molecular formula is C14H17F3N2O4. The summed E-state index contributed by atoms with van der Waals surface area (Å²) in [5.74, 6) is -2.26. The Labute approximate surface area is 130 Å². The highest BCUT2D eigenvalue weighted by molar-refractivity contribution is 6.05. The second kappa shape index (κ2) is 7.21. The number of rotatable bonds is 4. The third-order valence-electron chi connectivity index (χ3n) is 2.77. The van der Waals surface area contributed by atoms with E-state index in [1.165, 1.54) is 0 Å². The predicted octanol–water partition coefficient (Wildman–Crippen LogP) is 2.52. The van der Waals surface area contributed by atoms with E-state index in [0.717, 1.165) is 7.11 Å². The number of ether oxygens (including phenoxy) is 1. The van der Waals surface area contributed by atoms with Gasteiger partial charge in [0.2, 0.25) is 0 Å². The summed E-state index contributed by atoms with van der Waals surface area (Å²) in [5.41, 5.74) is -2.20. The summed E-state index contributed by atoms with van der Waals surface area (Å²) in [5, 5.41) is 13.7. The summed E-state index contributed by atoms with van der Waals surface area (Å²) >= 11 is 0. The van der Waals surface area contributed by atoms with Crippen LogP contribution in [0.3, 0.4) is 0 Å². The van der Waals surface area contributed by atoms with E-state index >= 15 is 0 Å². The van der Waals surface area contributed by atoms with Gasteiger partial charge in [0.25, 0.3) is 5.91 Å². The van der Waals surface area contributed by atoms with Crippen LogP contribution in [0.1, 0.15) is 29.8 Å². The number of aromatic hydroxyl groups is 1. The van der Waals surface area contributed by atoms with Crippen LogP contribution < -0.4 is 15.4 Å². The normalized spacial score (nSPS) is 11.3. The molecule has 0 heterocycles. The molecule has 1 rings (SSSR count). The number of hydrogen-bond donors (Lipinski definition) is 3. The minimum absolute atomic E-state index is 0.103. The SMILES string of the molecule is COc1cc(C(F)(F)F)c(C(=O)NC(=O)NCC(C)C)cc1O. The van der Waals surface area contributed by atoms with E-state index in [1.54, 1.807) is 5.32 Å². The van der Waals surface area contributed by atoms with E-state index in [2.05, 4.69) is 10.1 Å². The van der Waals surface area contributed by atoms with Crippen molar-refractivity contribution in [3.8, 4) is 11.5 Å². The molecule has 1 aromatic carbocycles. The molecule has 0 aliphatic carbocycles. The van der Waals surface area contributed by atoms with E-state index in [1.807, 2.05) is 13.8 Å². The molecule has 0 atom stereocenters. The topological polar surface area (TPSA) is 87.7 Å². The van der Waals surface area contributed by atoms with Crippen LogP contribution in [0.4, 0.5) is 18.0 Å². The van der Waals surface area contributed by atoms with Gasteiger partial charge in [-0.2, -0.15) is 13.2 Å². The number of imide groups is 1. The molecule has 0 unspecified atom stereocenters. The number of nitrogens with one attached hydrogen (secondary N) is 2. The number of carbonyl (C=O) groups is 2. The Hall–Kier alpha value is -2.45. The van der Waals surface area contributed by atoms with Gasteiger partial charge in [0.05, 0.1) is 18.2 Å². The van der Waals surface area contributed by atoms with Gasteiger partial charge in [0.15, 0.2) is 11.5 Å². The van der Waals surface area contributed by atoms with E-state index in [4.69, 9.17) is 0 Å². The summed E-state index contributed by atoms with van der Waals surface area (Å²) in [6, 6.07) is 0.176. The van der Waals surface area contributed by atoms with Crippen molar-refractivity contribution in [3.05, 3.63) is 23.3 Å². The summed E-state index contributed by atoms with van der Waals surface area (Å²) in [6.07, 6.45) is -4.86. The standard InChI is InChI=1S/C14H17F3N2O4/c1-7(2)6-18-13(22)19-12(21)8-4-10(20)11(23-3)5-9(8)14(15,16)17/h4-5,7,20H,6H2,1-3H3,(H2,18,19,21,22). The summed E-state index contributed by atoms with van der Waals surface area (Å²) in [6.45, 7) is 3.87. The van der Waals surface area contributed by atoms with Gasteiger partial charge in [-0.1, -0.05) is 13.8 Å². The minimum Gasteiger partial charge on any atom is -0.504 e. The molecule has 0 aliphatic heterocycles. The van der Waals surface area contributed by atoms with Gasteiger partial charge < -0.3 is 15.2 Å². The van der Waals surface area contributed by atoms with Gasteiger partial charge in [0.1, 0.15) is 0 Å². The first kappa shape index (κ1) is 18.6. The number of halogens is 3. The van der Waals surface area contributed by atoms with E-state index in [9.17, 15) is 27.9 Å². The van der Waals surface area contributed by atoms with Crippen LogP contribution in [0.25, 0.3) is 0 Å². The van der Waals surface area contributed by atoms with Gasteiger partial charge >= 0.3 is 12.2 Å². The second-order valence-corrected chi connectivity index (χ2v) is 5.13. The molecule has 0 saturated carbocycles. The maximum absolute atomic E-state index is 13.0. The number of methoxy groups -OCH3 is 1. The van der Waals surface area contributed by atoms with Gasteiger partial charge in [-0.3, -0.25) is 10.1 Å². The highest BCUT2D eigenvalue weighted by atomic mass is 19.4. The van der Waals surface area contributed by atoms with Crippen LogP contribution in [-0.2, 0) is 6.18 Å². The van der Waals surface area contributed by atoms with Gasteiger partial charge in [0, 0.05) is 6.54 Å². The lowest BCUT2D eigenvalue weighted by molar-refractivity contribution is -0.138. The average molecular weight is 334 g/mol. The van der Waals surface area contributed by atoms with Crippen molar-refractivity contribution in [1.82, 2.24) is 10.6 Å². The highest BCUT2D eigenvalue weighted by Gasteiger charge is 2.37. The largest absolute Gasteiger partial charge is 0.504 e. The quantitative estimate of drug-likeness (QED) is 0.789. The van der Waals surface area contributed by atoms with Gasteiger partial charge in [-0.25, -0.2) is 4.79 Å². The lowest BCUT2D eigenvalue weighted by Gasteiger charge is -2.15. The van der Waals surface area contributed by atoms with Crippen molar-refractivity contribution in [2.75, 3.05) is 13.7 Å². The molecule has 9 heteroatoms. The number of carbonyl (C=O) groups excluding carboxylic acids is 2. The second-order valence-electron chi connectivity index (χ2n) is 5.13. The Balaban J connectivity index is 3.08. The van der Waals surface area contributed by atoms with Crippen LogP contribution in [-0.4, -0.2) is 30.7 Å². The fourth-order valence-electron chi connectivity index (χ4n) is 1.67. The van der Waals surface area contributed by atoms with Crippen molar-refractivity contribution >= 4 is 11.9 Å². The Bertz CT molecular complexity index is 600. The lowest BCUT2D eigenvalue weighted by Crippen LogP contribution is -2.41. The molecule has 1 aromatic rings. The molecule has 0 radical (unpaired) electrons. The minimum atomic E-state index is -4.86. The third kappa shape index (κ3) is 5.04. The van der Waals surface area contributed by atoms with Crippen LogP contribution in [0.5, 0.6) is 11.5 Å². The lowest BCUT2D eigenvalue weighted by atomic mass is 10.0. The van der Waals surface area contributed by atoms with E-state index in [-0.39, 0.29) is 12.5 Å². The van der Waals surface area contributed by atoms with Crippen molar-refractivity contribution in [2.45, 2.75) is 20.0 Å². The molecule has 23 heavy (non-hydrogen) atoms. The van der Waals surface area contributed by atoms with Crippen LogP contribution >= 0.6 is 0 Å². The third-order valence-corrected chi connectivity index (χ3v) is 2.77. The first-order valence-corrected chi connectivity index (χ1v) is 6.63. The zero-order chi connectivity index (χ0) is 17.8. The molecule has 0 saturated heterocycles. The maximum atomic E-state index is 13.0. The smallest absolute Gasteiger partial charge is 0.417 e. The molecule has 6 nitrogen and oxygen atoms in total.